The van der Waals surface area contributed by atoms with Crippen molar-refractivity contribution in [2.75, 3.05) is 0 Å². The Labute approximate surface area is 140 Å². The van der Waals surface area contributed by atoms with E-state index in [2.05, 4.69) is 5.32 Å². The standard InChI is InChI=1S/C15H22N2O6S/c1-9(2)8-12(14(18)19)16-13(15(20)21)17-24(22,23)11-6-4-10(3)5-7-11/h4-7,9,12-13,16-17H,8H2,1-3H3,(H,18,19)(H,20,21)/t12-,13?/m1/s1. The highest BCUT2D eigenvalue weighted by Crippen LogP contribution is 2.11. The van der Waals surface area contributed by atoms with Crippen LogP contribution in [0.3, 0.4) is 0 Å². The first-order chi connectivity index (χ1) is 11.0. The van der Waals surface area contributed by atoms with Crippen LogP contribution in [0.25, 0.3) is 0 Å². The van der Waals surface area contributed by atoms with Crippen LogP contribution in [0.4, 0.5) is 0 Å². The van der Waals surface area contributed by atoms with Gasteiger partial charge in [-0.2, -0.15) is 4.72 Å². The van der Waals surface area contributed by atoms with E-state index < -0.39 is 34.2 Å². The van der Waals surface area contributed by atoms with Gasteiger partial charge in [0.05, 0.1) is 4.90 Å². The second kappa shape index (κ2) is 8.22. The average Bonchev–Trinajstić information content (AvgIpc) is 2.45. The number of carboxylic acids is 2. The molecular formula is C15H22N2O6S. The van der Waals surface area contributed by atoms with Crippen LogP contribution in [-0.2, 0) is 19.6 Å². The summed E-state index contributed by atoms with van der Waals surface area (Å²) in [7, 11) is -4.11. The largest absolute Gasteiger partial charge is 0.480 e. The zero-order valence-corrected chi connectivity index (χ0v) is 14.5. The first kappa shape index (κ1) is 20.1. The van der Waals surface area contributed by atoms with E-state index in [1.54, 1.807) is 32.9 Å². The zero-order chi connectivity index (χ0) is 18.5. The number of nitrogens with one attached hydrogen (secondary N) is 2. The summed E-state index contributed by atoms with van der Waals surface area (Å²) in [5.41, 5.74) is 0.852. The minimum absolute atomic E-state index is 0.0123. The summed E-state index contributed by atoms with van der Waals surface area (Å²) in [4.78, 5) is 22.5. The summed E-state index contributed by atoms with van der Waals surface area (Å²) < 4.78 is 26.5. The van der Waals surface area contributed by atoms with Crippen molar-refractivity contribution in [3.8, 4) is 0 Å². The number of sulfonamides is 1. The van der Waals surface area contributed by atoms with Crippen LogP contribution in [-0.4, -0.2) is 42.8 Å². The number of carbonyl (C=O) groups is 2. The first-order valence-electron chi connectivity index (χ1n) is 7.33. The van der Waals surface area contributed by atoms with Gasteiger partial charge in [-0.05, 0) is 31.4 Å². The number of hydrogen-bond acceptors (Lipinski definition) is 5. The molecule has 0 amide bonds. The molecule has 0 aliphatic rings. The Kier molecular flexibility index (Phi) is 6.88. The third-order valence-electron chi connectivity index (χ3n) is 3.22. The van der Waals surface area contributed by atoms with E-state index in [-0.39, 0.29) is 17.2 Å². The Hall–Kier alpha value is -1.97. The fourth-order valence-corrected chi connectivity index (χ4v) is 3.12. The predicted molar refractivity (Wildman–Crippen MR) is 86.9 cm³/mol. The lowest BCUT2D eigenvalue weighted by Crippen LogP contribution is -2.56. The molecule has 0 aliphatic carbocycles. The molecular weight excluding hydrogens is 336 g/mol. The lowest BCUT2D eigenvalue weighted by atomic mass is 10.0. The van der Waals surface area contributed by atoms with Gasteiger partial charge < -0.3 is 10.2 Å². The normalized spacial score (nSPS) is 14.3. The molecule has 2 atom stereocenters. The Morgan fingerprint density at radius 1 is 1.08 bits per heavy atom. The van der Waals surface area contributed by atoms with Gasteiger partial charge in [0.2, 0.25) is 10.0 Å². The van der Waals surface area contributed by atoms with Crippen molar-refractivity contribution in [3.63, 3.8) is 0 Å². The quantitative estimate of drug-likeness (QED) is 0.479. The second-order valence-corrected chi connectivity index (χ2v) is 7.61. The minimum atomic E-state index is -4.11. The van der Waals surface area contributed by atoms with Crippen molar-refractivity contribution in [2.45, 2.75) is 44.3 Å². The average molecular weight is 358 g/mol. The van der Waals surface area contributed by atoms with E-state index in [1.165, 1.54) is 12.1 Å². The third kappa shape index (κ3) is 5.91. The van der Waals surface area contributed by atoms with Crippen LogP contribution in [0.5, 0.6) is 0 Å². The van der Waals surface area contributed by atoms with Crippen molar-refractivity contribution < 1.29 is 28.2 Å². The molecule has 1 aromatic carbocycles. The number of aryl methyl sites for hydroxylation is 1. The van der Waals surface area contributed by atoms with E-state index in [1.807, 2.05) is 4.72 Å². The third-order valence-corrected chi connectivity index (χ3v) is 4.66. The van der Waals surface area contributed by atoms with E-state index >= 15 is 0 Å². The lowest BCUT2D eigenvalue weighted by Gasteiger charge is -2.22. The Bertz CT molecular complexity index is 684. The van der Waals surface area contributed by atoms with Gasteiger partial charge in [0, 0.05) is 0 Å². The van der Waals surface area contributed by atoms with Gasteiger partial charge in [-0.25, -0.2) is 13.2 Å². The van der Waals surface area contributed by atoms with Crippen molar-refractivity contribution in [1.29, 1.82) is 0 Å². The second-order valence-electron chi connectivity index (χ2n) is 5.89. The van der Waals surface area contributed by atoms with Crippen LogP contribution < -0.4 is 10.0 Å². The Morgan fingerprint density at radius 3 is 2.04 bits per heavy atom. The van der Waals surface area contributed by atoms with Crippen LogP contribution in [0.2, 0.25) is 0 Å². The molecule has 0 radical (unpaired) electrons. The summed E-state index contributed by atoms with van der Waals surface area (Å²) >= 11 is 0. The van der Waals surface area contributed by atoms with Gasteiger partial charge in [0.1, 0.15) is 6.04 Å². The first-order valence-corrected chi connectivity index (χ1v) is 8.82. The number of benzene rings is 1. The van der Waals surface area contributed by atoms with Gasteiger partial charge in [0.25, 0.3) is 0 Å². The van der Waals surface area contributed by atoms with E-state index in [4.69, 9.17) is 5.11 Å². The SMILES string of the molecule is Cc1ccc(S(=O)(=O)NC(N[C@H](CC(C)C)C(=O)O)C(=O)O)cc1. The zero-order valence-electron chi connectivity index (χ0n) is 13.7. The molecule has 0 heterocycles. The Morgan fingerprint density at radius 2 is 1.62 bits per heavy atom. The molecule has 9 heteroatoms. The molecule has 0 aliphatic heterocycles. The highest BCUT2D eigenvalue weighted by molar-refractivity contribution is 7.89. The molecule has 24 heavy (non-hydrogen) atoms. The molecule has 0 saturated heterocycles. The van der Waals surface area contributed by atoms with E-state index in [0.29, 0.717) is 0 Å². The fourth-order valence-electron chi connectivity index (χ4n) is 2.01. The summed E-state index contributed by atoms with van der Waals surface area (Å²) in [5.74, 6) is -2.77. The molecule has 1 rings (SSSR count). The van der Waals surface area contributed by atoms with Crippen molar-refractivity contribution in [2.24, 2.45) is 5.92 Å². The smallest absolute Gasteiger partial charge is 0.336 e. The van der Waals surface area contributed by atoms with Crippen molar-refractivity contribution in [3.05, 3.63) is 29.8 Å². The lowest BCUT2D eigenvalue weighted by molar-refractivity contribution is -0.143. The van der Waals surface area contributed by atoms with Crippen LogP contribution in [0.15, 0.2) is 29.2 Å². The van der Waals surface area contributed by atoms with Crippen molar-refractivity contribution in [1.82, 2.24) is 10.0 Å². The molecule has 0 aromatic heterocycles. The maximum absolute atomic E-state index is 12.3. The summed E-state index contributed by atoms with van der Waals surface area (Å²) in [6, 6.07) is 4.66. The van der Waals surface area contributed by atoms with Crippen LogP contribution in [0.1, 0.15) is 25.8 Å². The number of rotatable bonds is 9. The maximum Gasteiger partial charge on any atom is 0.336 e. The Balaban J connectivity index is 2.98. The molecule has 4 N–H and O–H groups in total. The molecule has 0 saturated carbocycles. The fraction of sp³-hybridized carbons (Fsp3) is 0.467. The molecule has 0 fully saturated rings. The monoisotopic (exact) mass is 358 g/mol. The highest BCUT2D eigenvalue weighted by Gasteiger charge is 2.30. The van der Waals surface area contributed by atoms with Gasteiger partial charge >= 0.3 is 11.9 Å². The van der Waals surface area contributed by atoms with Crippen LogP contribution >= 0.6 is 0 Å². The maximum atomic E-state index is 12.3. The molecule has 8 nitrogen and oxygen atoms in total. The topological polar surface area (TPSA) is 133 Å². The highest BCUT2D eigenvalue weighted by atomic mass is 32.2. The van der Waals surface area contributed by atoms with Gasteiger partial charge in [-0.1, -0.05) is 31.5 Å². The van der Waals surface area contributed by atoms with Gasteiger partial charge in [-0.15, -0.1) is 0 Å². The summed E-state index contributed by atoms with van der Waals surface area (Å²) in [6.45, 7) is 5.35. The number of carboxylic acid groups (broad SMARTS) is 2. The molecule has 0 spiro atoms. The van der Waals surface area contributed by atoms with E-state index in [9.17, 15) is 23.1 Å². The number of aliphatic carboxylic acids is 2. The minimum Gasteiger partial charge on any atom is -0.480 e. The summed E-state index contributed by atoms with van der Waals surface area (Å²) in [6.07, 6.45) is -1.60. The van der Waals surface area contributed by atoms with E-state index in [0.717, 1.165) is 5.56 Å². The van der Waals surface area contributed by atoms with Crippen LogP contribution in [0, 0.1) is 12.8 Å². The summed E-state index contributed by atoms with van der Waals surface area (Å²) in [5, 5.41) is 20.7. The number of hydrogen-bond donors (Lipinski definition) is 4. The van der Waals surface area contributed by atoms with Gasteiger partial charge in [0.15, 0.2) is 6.17 Å². The molecule has 1 aromatic rings. The van der Waals surface area contributed by atoms with Crippen molar-refractivity contribution >= 4 is 22.0 Å². The van der Waals surface area contributed by atoms with Gasteiger partial charge in [-0.3, -0.25) is 10.1 Å². The molecule has 1 unspecified atom stereocenters. The molecule has 0 bridgehead atoms. The molecule has 134 valence electrons. The predicted octanol–water partition coefficient (Wildman–Crippen LogP) is 0.773.